The van der Waals surface area contributed by atoms with Gasteiger partial charge < -0.3 is 5.32 Å². The fraction of sp³-hybridized carbons (Fsp3) is 0.471. The number of nitrogens with one attached hydrogen (secondary N) is 2. The molecule has 1 saturated heterocycles. The number of hydrogen-bond acceptors (Lipinski definition) is 4. The van der Waals surface area contributed by atoms with E-state index in [1.54, 1.807) is 7.05 Å². The summed E-state index contributed by atoms with van der Waals surface area (Å²) >= 11 is 0. The number of aromatic nitrogens is 3. The van der Waals surface area contributed by atoms with E-state index in [-0.39, 0.29) is 36.7 Å². The van der Waals surface area contributed by atoms with Crippen molar-refractivity contribution >= 4 is 24.3 Å². The van der Waals surface area contributed by atoms with Crippen LogP contribution in [0.1, 0.15) is 36.6 Å². The van der Waals surface area contributed by atoms with Crippen LogP contribution in [0.4, 0.5) is 14.7 Å². The maximum atomic E-state index is 13.6. The van der Waals surface area contributed by atoms with E-state index in [9.17, 15) is 13.6 Å². The molecule has 1 aliphatic heterocycles. The summed E-state index contributed by atoms with van der Waals surface area (Å²) in [6.45, 7) is 1.87. The predicted octanol–water partition coefficient (Wildman–Crippen LogP) is 2.55. The van der Waals surface area contributed by atoms with Gasteiger partial charge in [0.1, 0.15) is 0 Å². The van der Waals surface area contributed by atoms with Gasteiger partial charge in [-0.25, -0.2) is 13.5 Å². The molecule has 9 heteroatoms. The Morgan fingerprint density at radius 3 is 2.81 bits per heavy atom. The van der Waals surface area contributed by atoms with Gasteiger partial charge in [-0.3, -0.25) is 10.1 Å². The van der Waals surface area contributed by atoms with E-state index >= 15 is 0 Å². The first-order valence-electron chi connectivity index (χ1n) is 8.39. The molecular formula is C17H22ClF2N5O. The molecule has 1 aromatic carbocycles. The van der Waals surface area contributed by atoms with Crippen molar-refractivity contribution in [2.24, 2.45) is 7.05 Å². The van der Waals surface area contributed by atoms with Gasteiger partial charge >= 0.3 is 0 Å². The summed E-state index contributed by atoms with van der Waals surface area (Å²) in [5, 5.41) is 10.4. The highest BCUT2D eigenvalue weighted by molar-refractivity contribution is 5.89. The summed E-state index contributed by atoms with van der Waals surface area (Å²) in [7, 11) is 1.72. The largest absolute Gasteiger partial charge is 0.317 e. The van der Waals surface area contributed by atoms with Gasteiger partial charge in [-0.1, -0.05) is 12.1 Å². The number of carbonyl (C=O) groups excluding carboxylic acids is 1. The number of nitrogens with zero attached hydrogens (tertiary/aromatic N) is 3. The molecule has 0 radical (unpaired) electrons. The monoisotopic (exact) mass is 385 g/mol. The van der Waals surface area contributed by atoms with Gasteiger partial charge in [0.05, 0.1) is 0 Å². The molecule has 1 fully saturated rings. The molecule has 2 heterocycles. The van der Waals surface area contributed by atoms with E-state index in [2.05, 4.69) is 20.7 Å². The number of aryl methyl sites for hydroxylation is 2. The molecule has 1 aliphatic rings. The molecule has 0 aliphatic carbocycles. The Hall–Kier alpha value is -2.06. The van der Waals surface area contributed by atoms with Crippen LogP contribution in [-0.2, 0) is 18.3 Å². The van der Waals surface area contributed by atoms with E-state index in [1.807, 2.05) is 0 Å². The fourth-order valence-corrected chi connectivity index (χ4v) is 2.94. The second-order valence-corrected chi connectivity index (χ2v) is 6.20. The molecule has 0 atom stereocenters. The van der Waals surface area contributed by atoms with Crippen LogP contribution in [-0.4, -0.2) is 33.8 Å². The maximum Gasteiger partial charge on any atom is 0.227 e. The number of halogens is 3. The van der Waals surface area contributed by atoms with Crippen molar-refractivity contribution in [2.45, 2.75) is 31.6 Å². The Labute approximate surface area is 156 Å². The predicted molar refractivity (Wildman–Crippen MR) is 96.4 cm³/mol. The average Bonchev–Trinajstić information content (AvgIpc) is 2.98. The minimum absolute atomic E-state index is 0. The smallest absolute Gasteiger partial charge is 0.227 e. The van der Waals surface area contributed by atoms with Crippen LogP contribution >= 0.6 is 12.4 Å². The number of benzene rings is 1. The summed E-state index contributed by atoms with van der Waals surface area (Å²) in [5.41, 5.74) is 0.184. The van der Waals surface area contributed by atoms with Gasteiger partial charge in [0.2, 0.25) is 11.9 Å². The van der Waals surface area contributed by atoms with E-state index < -0.39 is 11.6 Å². The van der Waals surface area contributed by atoms with Crippen molar-refractivity contribution in [3.8, 4) is 0 Å². The Morgan fingerprint density at radius 1 is 1.35 bits per heavy atom. The van der Waals surface area contributed by atoms with Crippen molar-refractivity contribution < 1.29 is 13.6 Å². The Morgan fingerprint density at radius 2 is 2.08 bits per heavy atom. The lowest BCUT2D eigenvalue weighted by atomic mass is 9.98. The molecule has 0 unspecified atom stereocenters. The zero-order chi connectivity index (χ0) is 17.8. The third-order valence-electron chi connectivity index (χ3n) is 4.39. The highest BCUT2D eigenvalue weighted by Gasteiger charge is 2.21. The van der Waals surface area contributed by atoms with E-state index in [0.29, 0.717) is 11.9 Å². The van der Waals surface area contributed by atoms with Crippen LogP contribution in [0.5, 0.6) is 0 Å². The molecule has 2 aromatic rings. The first kappa shape index (κ1) is 20.3. The summed E-state index contributed by atoms with van der Waals surface area (Å²) in [6.07, 6.45) is 2.09. The second kappa shape index (κ2) is 9.05. The molecule has 0 saturated carbocycles. The van der Waals surface area contributed by atoms with Crippen molar-refractivity contribution in [2.75, 3.05) is 18.4 Å². The summed E-state index contributed by atoms with van der Waals surface area (Å²) in [4.78, 5) is 16.5. The van der Waals surface area contributed by atoms with Gasteiger partial charge in [-0.2, -0.15) is 10.1 Å². The molecule has 1 amide bonds. The van der Waals surface area contributed by atoms with Crippen molar-refractivity contribution in [3.63, 3.8) is 0 Å². The molecule has 2 N–H and O–H groups in total. The van der Waals surface area contributed by atoms with Crippen LogP contribution in [0.2, 0.25) is 0 Å². The Bertz CT molecular complexity index is 762. The highest BCUT2D eigenvalue weighted by Crippen LogP contribution is 2.23. The van der Waals surface area contributed by atoms with Crippen molar-refractivity contribution in [1.82, 2.24) is 20.1 Å². The number of carbonyl (C=O) groups is 1. The molecule has 1 aromatic heterocycles. The molecule has 0 bridgehead atoms. The summed E-state index contributed by atoms with van der Waals surface area (Å²) in [5.74, 6) is -0.718. The minimum atomic E-state index is -0.905. The quantitative estimate of drug-likeness (QED) is 0.829. The SMILES string of the molecule is Cl.Cn1nc(C2CCNCC2)nc1NC(=O)CCc1cccc(F)c1F. The van der Waals surface area contributed by atoms with Crippen LogP contribution in [0.25, 0.3) is 0 Å². The summed E-state index contributed by atoms with van der Waals surface area (Å²) < 4.78 is 28.3. The Kier molecular flexibility index (Phi) is 7.05. The zero-order valence-electron chi connectivity index (χ0n) is 14.5. The first-order chi connectivity index (χ1) is 12.0. The van der Waals surface area contributed by atoms with Crippen molar-refractivity contribution in [3.05, 3.63) is 41.2 Å². The normalized spacial score (nSPS) is 14.7. The number of rotatable bonds is 5. The van der Waals surface area contributed by atoms with Gasteiger partial charge in [0, 0.05) is 19.4 Å². The average molecular weight is 386 g/mol. The molecular weight excluding hydrogens is 364 g/mol. The van der Waals surface area contributed by atoms with Crippen LogP contribution in [0.3, 0.4) is 0 Å². The van der Waals surface area contributed by atoms with E-state index in [0.717, 1.165) is 37.8 Å². The fourth-order valence-electron chi connectivity index (χ4n) is 2.94. The molecule has 0 spiro atoms. The lowest BCUT2D eigenvalue weighted by Gasteiger charge is -2.19. The number of amides is 1. The van der Waals surface area contributed by atoms with E-state index in [4.69, 9.17) is 0 Å². The lowest BCUT2D eigenvalue weighted by Crippen LogP contribution is -2.27. The topological polar surface area (TPSA) is 71.8 Å². The minimum Gasteiger partial charge on any atom is -0.317 e. The third-order valence-corrected chi connectivity index (χ3v) is 4.39. The maximum absolute atomic E-state index is 13.6. The Balaban J connectivity index is 0.00000243. The number of hydrogen-bond donors (Lipinski definition) is 2. The molecule has 142 valence electrons. The van der Waals surface area contributed by atoms with Gasteiger partial charge in [-0.15, -0.1) is 12.4 Å². The number of piperidine rings is 1. The second-order valence-electron chi connectivity index (χ2n) is 6.20. The molecule has 3 rings (SSSR count). The highest BCUT2D eigenvalue weighted by atomic mass is 35.5. The van der Waals surface area contributed by atoms with Crippen LogP contribution < -0.4 is 10.6 Å². The third kappa shape index (κ3) is 4.76. The first-order valence-corrected chi connectivity index (χ1v) is 8.39. The van der Waals surface area contributed by atoms with Gasteiger partial charge in [0.15, 0.2) is 17.5 Å². The van der Waals surface area contributed by atoms with Gasteiger partial charge in [-0.05, 0) is 44.0 Å². The van der Waals surface area contributed by atoms with Crippen LogP contribution in [0, 0.1) is 11.6 Å². The van der Waals surface area contributed by atoms with Gasteiger partial charge in [0.25, 0.3) is 0 Å². The molecule has 6 nitrogen and oxygen atoms in total. The lowest BCUT2D eigenvalue weighted by molar-refractivity contribution is -0.116. The standard InChI is InChI=1S/C17H21F2N5O.ClH/c1-24-17(22-16(23-24)12-7-9-20-10-8-12)21-14(25)6-5-11-3-2-4-13(18)15(11)19;/h2-4,12,20H,5-10H2,1H3,(H,21,22,23,25);1H. The zero-order valence-corrected chi connectivity index (χ0v) is 15.3. The van der Waals surface area contributed by atoms with Crippen molar-refractivity contribution in [1.29, 1.82) is 0 Å². The number of anilines is 1. The summed E-state index contributed by atoms with van der Waals surface area (Å²) in [6, 6.07) is 3.96. The molecule has 26 heavy (non-hydrogen) atoms. The van der Waals surface area contributed by atoms with Crippen LogP contribution in [0.15, 0.2) is 18.2 Å². The van der Waals surface area contributed by atoms with E-state index in [1.165, 1.54) is 16.8 Å².